The number of fused-ring (bicyclic) bond motifs is 1. The number of hydrogen-bond donors (Lipinski definition) is 1. The Balaban J connectivity index is 1.37. The van der Waals surface area contributed by atoms with Crippen LogP contribution in [0.5, 0.6) is 0 Å². The van der Waals surface area contributed by atoms with Gasteiger partial charge in [0.25, 0.3) is 0 Å². The molecule has 2 fully saturated rings. The zero-order valence-electron chi connectivity index (χ0n) is 21.7. The van der Waals surface area contributed by atoms with E-state index in [1.807, 2.05) is 17.9 Å². The van der Waals surface area contributed by atoms with Gasteiger partial charge in [-0.1, -0.05) is 36.8 Å². The van der Waals surface area contributed by atoms with Crippen LogP contribution in [-0.2, 0) is 16.1 Å². The quantitative estimate of drug-likeness (QED) is 0.544. The number of nitrogens with zero attached hydrogens (tertiary/aromatic N) is 2. The molecule has 2 heterocycles. The third-order valence-electron chi connectivity index (χ3n) is 8.03. The fourth-order valence-electron chi connectivity index (χ4n) is 6.17. The number of ether oxygens (including phenoxy) is 1. The van der Waals surface area contributed by atoms with E-state index in [1.54, 1.807) is 6.92 Å². The lowest BCUT2D eigenvalue weighted by Crippen LogP contribution is -2.45. The smallest absolute Gasteiger partial charge is 0.407 e. The fourth-order valence-corrected chi connectivity index (χ4v) is 6.17. The van der Waals surface area contributed by atoms with E-state index >= 15 is 0 Å². The van der Waals surface area contributed by atoms with Gasteiger partial charge in [-0.3, -0.25) is 9.69 Å². The van der Waals surface area contributed by atoms with Crippen molar-refractivity contribution >= 4 is 17.7 Å². The summed E-state index contributed by atoms with van der Waals surface area (Å²) in [5.74, 6) is 0.0190. The summed E-state index contributed by atoms with van der Waals surface area (Å²) in [5.41, 5.74) is 5.41. The molecule has 0 bridgehead atoms. The molecule has 36 heavy (non-hydrogen) atoms. The van der Waals surface area contributed by atoms with Gasteiger partial charge < -0.3 is 15.0 Å². The van der Waals surface area contributed by atoms with E-state index in [2.05, 4.69) is 46.6 Å². The third-order valence-corrected chi connectivity index (χ3v) is 8.03. The summed E-state index contributed by atoms with van der Waals surface area (Å²) in [6.07, 6.45) is 8.40. The Morgan fingerprint density at radius 3 is 2.33 bits per heavy atom. The van der Waals surface area contributed by atoms with Gasteiger partial charge in [-0.15, -0.1) is 0 Å². The molecule has 2 amide bonds. The average Bonchev–Trinajstić information content (AvgIpc) is 3.37. The number of likely N-dealkylation sites (tertiary alicyclic amines) is 1. The summed E-state index contributed by atoms with van der Waals surface area (Å²) in [4.78, 5) is 29.6. The number of rotatable bonds is 5. The zero-order valence-corrected chi connectivity index (χ0v) is 21.7. The van der Waals surface area contributed by atoms with Crippen LogP contribution < -0.4 is 10.2 Å². The number of nitrogens with one attached hydrogen (secondary N) is 1. The standard InChI is InChI=1S/C30H39N3O3/c1-21-18-28(31-30(35)36-26-8-4-5-9-26)27-19-25(14-15-29(27)33(21)22(2)34)24-12-10-23(11-13-24)20-32-16-6-3-7-17-32/h10-15,19,21,26,28H,3-9,16-18,20H2,1-2H3,(H,31,35). The Morgan fingerprint density at radius 2 is 1.64 bits per heavy atom. The molecule has 2 aromatic carbocycles. The van der Waals surface area contributed by atoms with Crippen molar-refractivity contribution in [2.75, 3.05) is 18.0 Å². The van der Waals surface area contributed by atoms with Crippen LogP contribution in [0.1, 0.15) is 82.4 Å². The molecule has 5 rings (SSSR count). The van der Waals surface area contributed by atoms with Crippen molar-refractivity contribution in [1.29, 1.82) is 0 Å². The number of carbonyl (C=O) groups is 2. The van der Waals surface area contributed by atoms with Crippen LogP contribution in [0.15, 0.2) is 42.5 Å². The largest absolute Gasteiger partial charge is 0.446 e. The predicted molar refractivity (Wildman–Crippen MR) is 143 cm³/mol. The highest BCUT2D eigenvalue weighted by atomic mass is 16.6. The molecule has 1 aliphatic carbocycles. The van der Waals surface area contributed by atoms with Gasteiger partial charge in [0.1, 0.15) is 6.10 Å². The molecule has 2 atom stereocenters. The molecule has 2 unspecified atom stereocenters. The molecular weight excluding hydrogens is 450 g/mol. The average molecular weight is 490 g/mol. The first-order valence-corrected chi connectivity index (χ1v) is 13.7. The number of hydrogen-bond acceptors (Lipinski definition) is 4. The monoisotopic (exact) mass is 489 g/mol. The van der Waals surface area contributed by atoms with Crippen LogP contribution in [0.3, 0.4) is 0 Å². The maximum absolute atomic E-state index is 12.7. The molecule has 3 aliphatic rings. The van der Waals surface area contributed by atoms with Crippen LogP contribution in [0, 0.1) is 0 Å². The predicted octanol–water partition coefficient (Wildman–Crippen LogP) is 6.19. The Morgan fingerprint density at radius 1 is 0.944 bits per heavy atom. The van der Waals surface area contributed by atoms with Gasteiger partial charge in [-0.05, 0) is 99.3 Å². The lowest BCUT2D eigenvalue weighted by Gasteiger charge is -2.39. The van der Waals surface area contributed by atoms with Crippen LogP contribution in [0.25, 0.3) is 11.1 Å². The van der Waals surface area contributed by atoms with Crippen molar-refractivity contribution in [3.05, 3.63) is 53.6 Å². The summed E-state index contributed by atoms with van der Waals surface area (Å²) < 4.78 is 5.69. The lowest BCUT2D eigenvalue weighted by atomic mass is 9.89. The topological polar surface area (TPSA) is 61.9 Å². The first-order chi connectivity index (χ1) is 17.5. The van der Waals surface area contributed by atoms with Gasteiger partial charge in [0.05, 0.1) is 6.04 Å². The minimum atomic E-state index is -0.353. The van der Waals surface area contributed by atoms with E-state index < -0.39 is 0 Å². The molecule has 192 valence electrons. The van der Waals surface area contributed by atoms with Gasteiger partial charge in [0.15, 0.2) is 0 Å². The second-order valence-corrected chi connectivity index (χ2v) is 10.8. The van der Waals surface area contributed by atoms with Crippen LogP contribution in [-0.4, -0.2) is 42.1 Å². The van der Waals surface area contributed by atoms with E-state index in [0.29, 0.717) is 6.42 Å². The van der Waals surface area contributed by atoms with Crippen LogP contribution >= 0.6 is 0 Å². The second kappa shape index (κ2) is 11.0. The highest BCUT2D eigenvalue weighted by Crippen LogP contribution is 2.40. The van der Waals surface area contributed by atoms with Crippen molar-refractivity contribution in [3.8, 4) is 11.1 Å². The van der Waals surface area contributed by atoms with Gasteiger partial charge >= 0.3 is 6.09 Å². The Labute approximate surface area is 215 Å². The number of anilines is 1. The molecule has 2 aromatic rings. The molecule has 1 N–H and O–H groups in total. The minimum Gasteiger partial charge on any atom is -0.446 e. The summed E-state index contributed by atoms with van der Waals surface area (Å²) >= 11 is 0. The summed E-state index contributed by atoms with van der Waals surface area (Å²) in [7, 11) is 0. The molecule has 6 heteroatoms. The molecule has 1 saturated heterocycles. The first-order valence-electron chi connectivity index (χ1n) is 13.7. The van der Waals surface area contributed by atoms with Crippen molar-refractivity contribution < 1.29 is 14.3 Å². The molecule has 0 spiro atoms. The van der Waals surface area contributed by atoms with Gasteiger partial charge in [0, 0.05) is 25.2 Å². The second-order valence-electron chi connectivity index (χ2n) is 10.8. The van der Waals surface area contributed by atoms with Crippen molar-refractivity contribution in [3.63, 3.8) is 0 Å². The maximum Gasteiger partial charge on any atom is 0.407 e. The zero-order chi connectivity index (χ0) is 25.1. The number of carbonyl (C=O) groups excluding carboxylic acids is 2. The summed E-state index contributed by atoms with van der Waals surface area (Å²) in [5, 5.41) is 3.12. The SMILES string of the molecule is CC(=O)N1c2ccc(-c3ccc(CN4CCCCC4)cc3)cc2C(NC(=O)OC2CCCC2)CC1C. The first kappa shape index (κ1) is 24.8. The van der Waals surface area contributed by atoms with Crippen LogP contribution in [0.2, 0.25) is 0 Å². The van der Waals surface area contributed by atoms with Gasteiger partial charge in [-0.2, -0.15) is 0 Å². The minimum absolute atomic E-state index is 0.00768. The fraction of sp³-hybridized carbons (Fsp3) is 0.533. The summed E-state index contributed by atoms with van der Waals surface area (Å²) in [6.45, 7) is 7.03. The Kier molecular flexibility index (Phi) is 7.61. The third kappa shape index (κ3) is 5.59. The van der Waals surface area contributed by atoms with E-state index in [4.69, 9.17) is 4.74 Å². The molecule has 0 radical (unpaired) electrons. The molecule has 6 nitrogen and oxygen atoms in total. The molecule has 1 saturated carbocycles. The van der Waals surface area contributed by atoms with E-state index in [1.165, 1.54) is 37.9 Å². The highest BCUT2D eigenvalue weighted by molar-refractivity contribution is 5.94. The van der Waals surface area contributed by atoms with E-state index in [9.17, 15) is 9.59 Å². The molecule has 0 aromatic heterocycles. The Hall–Kier alpha value is -2.86. The van der Waals surface area contributed by atoms with Crippen molar-refractivity contribution in [2.24, 2.45) is 0 Å². The van der Waals surface area contributed by atoms with E-state index in [0.717, 1.165) is 54.6 Å². The highest BCUT2D eigenvalue weighted by Gasteiger charge is 2.34. The van der Waals surface area contributed by atoms with Gasteiger partial charge in [-0.25, -0.2) is 4.79 Å². The van der Waals surface area contributed by atoms with E-state index in [-0.39, 0.29) is 30.2 Å². The number of amides is 2. The van der Waals surface area contributed by atoms with Crippen molar-refractivity contribution in [2.45, 2.75) is 89.9 Å². The number of benzene rings is 2. The Bertz CT molecular complexity index is 1070. The summed E-state index contributed by atoms with van der Waals surface area (Å²) in [6, 6.07) is 14.9. The molecular formula is C30H39N3O3. The van der Waals surface area contributed by atoms with Gasteiger partial charge in [0.2, 0.25) is 5.91 Å². The lowest BCUT2D eigenvalue weighted by molar-refractivity contribution is -0.117. The van der Waals surface area contributed by atoms with Crippen LogP contribution in [0.4, 0.5) is 10.5 Å². The number of alkyl carbamates (subject to hydrolysis) is 1. The molecule has 2 aliphatic heterocycles. The normalized spacial score (nSPS) is 22.8. The maximum atomic E-state index is 12.7. The number of piperidine rings is 1. The van der Waals surface area contributed by atoms with Crippen molar-refractivity contribution in [1.82, 2.24) is 10.2 Å².